The minimum Gasteiger partial charge on any atom is -0.452 e. The third-order valence-corrected chi connectivity index (χ3v) is 5.37. The summed E-state index contributed by atoms with van der Waals surface area (Å²) in [4.78, 5) is 24.5. The van der Waals surface area contributed by atoms with E-state index in [4.69, 9.17) is 16.3 Å². The maximum absolute atomic E-state index is 12.3. The quantitative estimate of drug-likeness (QED) is 0.592. The lowest BCUT2D eigenvalue weighted by molar-refractivity contribution is -0.119. The number of nitrogens with zero attached hydrogens (tertiary/aromatic N) is 2. The molecule has 0 saturated carbocycles. The second kappa shape index (κ2) is 8.71. The SMILES string of the molecule is Cc1cc(C)c(NC(=O)COC(=O)c2ccc(-n3nc(C)c(Cl)c3C)cc2)c(C)c1. The molecule has 30 heavy (non-hydrogen) atoms. The molecule has 6 nitrogen and oxygen atoms in total. The van der Waals surface area contributed by atoms with E-state index in [0.29, 0.717) is 10.6 Å². The van der Waals surface area contributed by atoms with Gasteiger partial charge in [0.2, 0.25) is 0 Å². The van der Waals surface area contributed by atoms with Crippen molar-refractivity contribution < 1.29 is 14.3 Å². The first-order valence-corrected chi connectivity index (χ1v) is 9.92. The highest BCUT2D eigenvalue weighted by molar-refractivity contribution is 6.31. The van der Waals surface area contributed by atoms with Crippen molar-refractivity contribution in [1.82, 2.24) is 9.78 Å². The fourth-order valence-corrected chi connectivity index (χ4v) is 3.50. The largest absolute Gasteiger partial charge is 0.452 e. The summed E-state index contributed by atoms with van der Waals surface area (Å²) in [6.45, 7) is 9.21. The van der Waals surface area contributed by atoms with Gasteiger partial charge in [-0.25, -0.2) is 9.48 Å². The standard InChI is InChI=1S/C23H24ClN3O3/c1-13-10-14(2)22(15(3)11-13)25-20(28)12-30-23(29)18-6-8-19(9-7-18)27-17(5)21(24)16(4)26-27/h6-11H,12H2,1-5H3,(H,25,28). The van der Waals surface area contributed by atoms with E-state index in [1.54, 1.807) is 28.9 Å². The van der Waals surface area contributed by atoms with Gasteiger partial charge in [-0.1, -0.05) is 29.3 Å². The molecule has 0 atom stereocenters. The normalized spacial score (nSPS) is 10.7. The molecule has 156 valence electrons. The molecule has 0 radical (unpaired) electrons. The summed E-state index contributed by atoms with van der Waals surface area (Å²) in [5, 5.41) is 7.82. The highest BCUT2D eigenvalue weighted by Gasteiger charge is 2.14. The summed E-state index contributed by atoms with van der Waals surface area (Å²) in [7, 11) is 0. The lowest BCUT2D eigenvalue weighted by Gasteiger charge is -2.13. The first-order valence-electron chi connectivity index (χ1n) is 9.54. The van der Waals surface area contributed by atoms with Gasteiger partial charge in [0.15, 0.2) is 6.61 Å². The van der Waals surface area contributed by atoms with Crippen LogP contribution in [-0.2, 0) is 9.53 Å². The smallest absolute Gasteiger partial charge is 0.338 e. The van der Waals surface area contributed by atoms with Gasteiger partial charge in [0.1, 0.15) is 0 Å². The number of amides is 1. The zero-order chi connectivity index (χ0) is 22.0. The molecule has 0 bridgehead atoms. The first kappa shape index (κ1) is 21.6. The van der Waals surface area contributed by atoms with Crippen LogP contribution in [0, 0.1) is 34.6 Å². The Morgan fingerprint density at radius 2 is 1.63 bits per heavy atom. The van der Waals surface area contributed by atoms with Crippen LogP contribution in [0.1, 0.15) is 38.4 Å². The maximum Gasteiger partial charge on any atom is 0.338 e. The van der Waals surface area contributed by atoms with E-state index >= 15 is 0 Å². The van der Waals surface area contributed by atoms with Crippen molar-refractivity contribution >= 4 is 29.2 Å². The minimum absolute atomic E-state index is 0.349. The maximum atomic E-state index is 12.3. The predicted octanol–water partition coefficient (Wildman–Crippen LogP) is 4.86. The Labute approximate surface area is 180 Å². The number of esters is 1. The summed E-state index contributed by atoms with van der Waals surface area (Å²) in [5.74, 6) is -0.951. The van der Waals surface area contributed by atoms with Gasteiger partial charge in [0.05, 0.1) is 27.7 Å². The van der Waals surface area contributed by atoms with E-state index in [-0.39, 0.29) is 12.5 Å². The molecule has 0 fully saturated rings. The molecule has 1 N–H and O–H groups in total. The molecule has 1 heterocycles. The van der Waals surface area contributed by atoms with E-state index in [2.05, 4.69) is 10.4 Å². The molecule has 0 saturated heterocycles. The van der Waals surface area contributed by atoms with Crippen molar-refractivity contribution in [3.63, 3.8) is 0 Å². The van der Waals surface area contributed by atoms with Crippen molar-refractivity contribution in [3.05, 3.63) is 75.1 Å². The molecule has 0 aliphatic carbocycles. The first-order chi connectivity index (χ1) is 14.2. The number of ether oxygens (including phenoxy) is 1. The zero-order valence-electron chi connectivity index (χ0n) is 17.7. The Bertz CT molecular complexity index is 1090. The number of benzene rings is 2. The fraction of sp³-hybridized carbons (Fsp3) is 0.261. The van der Waals surface area contributed by atoms with Crippen molar-refractivity contribution in [3.8, 4) is 5.69 Å². The summed E-state index contributed by atoms with van der Waals surface area (Å²) in [5.41, 5.74) is 6.49. The topological polar surface area (TPSA) is 73.2 Å². The highest BCUT2D eigenvalue weighted by Crippen LogP contribution is 2.23. The Balaban J connectivity index is 1.62. The molecule has 0 unspecified atom stereocenters. The number of anilines is 1. The molecule has 1 aromatic heterocycles. The van der Waals surface area contributed by atoms with Gasteiger partial charge in [0, 0.05) is 5.69 Å². The predicted molar refractivity (Wildman–Crippen MR) is 118 cm³/mol. The molecule has 2 aromatic carbocycles. The second-order valence-electron chi connectivity index (χ2n) is 7.34. The van der Waals surface area contributed by atoms with Crippen LogP contribution in [0.5, 0.6) is 0 Å². The van der Waals surface area contributed by atoms with Crippen LogP contribution in [-0.4, -0.2) is 28.3 Å². The third kappa shape index (κ3) is 4.54. The van der Waals surface area contributed by atoms with Crippen LogP contribution in [0.3, 0.4) is 0 Å². The summed E-state index contributed by atoms with van der Waals surface area (Å²) >= 11 is 6.19. The van der Waals surface area contributed by atoms with Crippen LogP contribution in [0.4, 0.5) is 5.69 Å². The van der Waals surface area contributed by atoms with E-state index in [9.17, 15) is 9.59 Å². The third-order valence-electron chi connectivity index (χ3n) is 4.83. The van der Waals surface area contributed by atoms with Gasteiger partial charge in [0.25, 0.3) is 5.91 Å². The number of aromatic nitrogens is 2. The molecule has 0 aliphatic heterocycles. The average Bonchev–Trinajstić information content (AvgIpc) is 2.96. The number of hydrogen-bond donors (Lipinski definition) is 1. The Morgan fingerprint density at radius 3 is 2.17 bits per heavy atom. The molecular formula is C23H24ClN3O3. The van der Waals surface area contributed by atoms with Crippen molar-refractivity contribution in [1.29, 1.82) is 0 Å². The number of nitrogens with one attached hydrogen (secondary N) is 1. The lowest BCUT2D eigenvalue weighted by atomic mass is 10.1. The average molecular weight is 426 g/mol. The molecule has 3 aromatic rings. The summed E-state index contributed by atoms with van der Waals surface area (Å²) < 4.78 is 6.88. The van der Waals surface area contributed by atoms with Gasteiger partial charge in [-0.3, -0.25) is 4.79 Å². The molecule has 1 amide bonds. The number of carbonyl (C=O) groups excluding carboxylic acids is 2. The van der Waals surface area contributed by atoms with E-state index < -0.39 is 5.97 Å². The molecule has 3 rings (SSSR count). The second-order valence-corrected chi connectivity index (χ2v) is 7.72. The monoisotopic (exact) mass is 425 g/mol. The molecule has 0 spiro atoms. The summed E-state index contributed by atoms with van der Waals surface area (Å²) in [6.07, 6.45) is 0. The number of hydrogen-bond acceptors (Lipinski definition) is 4. The molecule has 0 aliphatic rings. The zero-order valence-corrected chi connectivity index (χ0v) is 18.4. The van der Waals surface area contributed by atoms with Gasteiger partial charge in [-0.05, 0) is 70.0 Å². The minimum atomic E-state index is -0.569. The Morgan fingerprint density at radius 1 is 1.03 bits per heavy atom. The van der Waals surface area contributed by atoms with Crippen molar-refractivity contribution in [2.24, 2.45) is 0 Å². The van der Waals surface area contributed by atoms with Crippen molar-refractivity contribution in [2.75, 3.05) is 11.9 Å². The molecular weight excluding hydrogens is 402 g/mol. The fourth-order valence-electron chi connectivity index (χ4n) is 3.38. The van der Waals surface area contributed by atoms with Crippen LogP contribution >= 0.6 is 11.6 Å². The highest BCUT2D eigenvalue weighted by atomic mass is 35.5. The van der Waals surface area contributed by atoms with E-state index in [0.717, 1.165) is 39.5 Å². The Kier molecular flexibility index (Phi) is 6.27. The number of aryl methyl sites for hydroxylation is 4. The van der Waals surface area contributed by atoms with Crippen LogP contribution in [0.15, 0.2) is 36.4 Å². The summed E-state index contributed by atoms with van der Waals surface area (Å²) in [6, 6.07) is 10.8. The van der Waals surface area contributed by atoms with E-state index in [1.165, 1.54) is 0 Å². The van der Waals surface area contributed by atoms with Gasteiger partial charge < -0.3 is 10.1 Å². The Hall–Kier alpha value is -3.12. The van der Waals surface area contributed by atoms with Crippen molar-refractivity contribution in [2.45, 2.75) is 34.6 Å². The molecule has 7 heteroatoms. The van der Waals surface area contributed by atoms with Gasteiger partial charge >= 0.3 is 5.97 Å². The van der Waals surface area contributed by atoms with Gasteiger partial charge in [-0.2, -0.15) is 5.10 Å². The number of carbonyl (C=O) groups is 2. The number of halogens is 1. The number of rotatable bonds is 5. The lowest BCUT2D eigenvalue weighted by Crippen LogP contribution is -2.22. The van der Waals surface area contributed by atoms with E-state index in [1.807, 2.05) is 46.8 Å². The van der Waals surface area contributed by atoms with Crippen LogP contribution in [0.25, 0.3) is 5.69 Å². The van der Waals surface area contributed by atoms with Crippen LogP contribution in [0.2, 0.25) is 5.02 Å². The van der Waals surface area contributed by atoms with Gasteiger partial charge in [-0.15, -0.1) is 0 Å². The van der Waals surface area contributed by atoms with Crippen LogP contribution < -0.4 is 5.32 Å².